The van der Waals surface area contributed by atoms with Gasteiger partial charge in [-0.2, -0.15) is 0 Å². The van der Waals surface area contributed by atoms with Crippen molar-refractivity contribution in [3.8, 4) is 22.5 Å². The standard InChI is InChI=1S/C25H29N5O3.C17H12ClN3O3.C8H18N2/c1-33-25(32)17-6-7-18(19(14-17)24(26)31)23-15-22(20-16-27-10-8-21(20)29-23)28-9-5-13-30-11-3-2-4-12-30;1-24-17(23)9-2-3-10(11(6-9)16(19)22)15-7-13(18)12-8-20-5-4-14(12)21-15;9-5-4-8-10-6-2-1-3-7-10/h6-8,10,14-16H,2-5,9,11-13H2,1H3,(H2,26,31)(H,28,29);2-8H,1H3,(H2,19,22);1-9H2. The fraction of sp³-hybridized carbons (Fsp3) is 0.360. The number of piperidine rings is 2. The van der Waals surface area contributed by atoms with Crippen LogP contribution in [0.15, 0.2) is 85.5 Å². The third-order valence-corrected chi connectivity index (χ3v) is 12.0. The number of anilines is 1. The van der Waals surface area contributed by atoms with Gasteiger partial charge in [0.2, 0.25) is 11.8 Å². The van der Waals surface area contributed by atoms with Crippen LogP contribution >= 0.6 is 11.6 Å². The summed E-state index contributed by atoms with van der Waals surface area (Å²) in [5, 5.41) is 5.59. The number of benzene rings is 2. The molecular weight excluding hydrogens is 872 g/mol. The molecule has 2 aromatic carbocycles. The predicted molar refractivity (Wildman–Crippen MR) is 262 cm³/mol. The normalized spacial score (nSPS) is 14.0. The monoisotopic (exact) mass is 930 g/mol. The van der Waals surface area contributed by atoms with E-state index in [2.05, 4.69) is 34.8 Å². The zero-order valence-electron chi connectivity index (χ0n) is 38.1. The molecule has 6 heterocycles. The molecule has 8 rings (SSSR count). The van der Waals surface area contributed by atoms with Gasteiger partial charge in [0.15, 0.2) is 0 Å². The van der Waals surface area contributed by atoms with E-state index in [1.807, 2.05) is 12.1 Å². The van der Waals surface area contributed by atoms with E-state index in [9.17, 15) is 19.2 Å². The summed E-state index contributed by atoms with van der Waals surface area (Å²) in [7, 11) is 2.56. The first kappa shape index (κ1) is 49.8. The molecule has 2 amide bonds. The number of carbonyl (C=O) groups is 4. The van der Waals surface area contributed by atoms with E-state index in [1.54, 1.807) is 61.2 Å². The Balaban J connectivity index is 0.000000189. The van der Waals surface area contributed by atoms with Crippen LogP contribution in [0.2, 0.25) is 5.02 Å². The molecule has 17 heteroatoms. The summed E-state index contributed by atoms with van der Waals surface area (Å²) < 4.78 is 9.42. The number of aromatic nitrogens is 4. The second kappa shape index (κ2) is 24.8. The number of carbonyl (C=O) groups excluding carboxylic acids is 4. The number of primary amides is 2. The number of ether oxygens (including phenoxy) is 2. The van der Waals surface area contributed by atoms with E-state index in [1.165, 1.54) is 104 Å². The van der Waals surface area contributed by atoms with Crippen LogP contribution in [0.5, 0.6) is 0 Å². The van der Waals surface area contributed by atoms with Gasteiger partial charge >= 0.3 is 11.9 Å². The molecule has 0 spiro atoms. The maximum Gasteiger partial charge on any atom is 0.337 e. The quantitative estimate of drug-likeness (QED) is 0.0629. The van der Waals surface area contributed by atoms with Crippen molar-refractivity contribution in [3.63, 3.8) is 0 Å². The van der Waals surface area contributed by atoms with Gasteiger partial charge in [-0.25, -0.2) is 19.6 Å². The molecule has 2 aliphatic heterocycles. The van der Waals surface area contributed by atoms with Gasteiger partial charge < -0.3 is 41.8 Å². The lowest BCUT2D eigenvalue weighted by Crippen LogP contribution is -2.31. The Morgan fingerprint density at radius 2 is 1.12 bits per heavy atom. The van der Waals surface area contributed by atoms with Gasteiger partial charge in [-0.15, -0.1) is 0 Å². The molecule has 0 radical (unpaired) electrons. The lowest BCUT2D eigenvalue weighted by molar-refractivity contribution is 0.0591. The van der Waals surface area contributed by atoms with Crippen LogP contribution in [0.3, 0.4) is 0 Å². The minimum atomic E-state index is -0.677. The second-order valence-electron chi connectivity index (χ2n) is 16.3. The van der Waals surface area contributed by atoms with Gasteiger partial charge in [0.25, 0.3) is 0 Å². The van der Waals surface area contributed by atoms with Crippen molar-refractivity contribution < 1.29 is 28.7 Å². The zero-order chi connectivity index (χ0) is 47.7. The first-order valence-corrected chi connectivity index (χ1v) is 23.0. The molecule has 0 saturated carbocycles. The summed E-state index contributed by atoms with van der Waals surface area (Å²) in [5.41, 5.74) is 21.8. The van der Waals surface area contributed by atoms with Crippen molar-refractivity contribution in [2.24, 2.45) is 17.2 Å². The maximum absolute atomic E-state index is 12.2. The summed E-state index contributed by atoms with van der Waals surface area (Å²) in [5.74, 6) is -2.40. The summed E-state index contributed by atoms with van der Waals surface area (Å²) in [6, 6.07) is 16.4. The number of nitrogens with one attached hydrogen (secondary N) is 1. The minimum Gasteiger partial charge on any atom is -0.465 e. The van der Waals surface area contributed by atoms with Crippen LogP contribution in [0.1, 0.15) is 92.8 Å². The number of esters is 2. The second-order valence-corrected chi connectivity index (χ2v) is 16.7. The first-order valence-electron chi connectivity index (χ1n) is 22.6. The molecule has 0 aliphatic carbocycles. The minimum absolute atomic E-state index is 0.162. The summed E-state index contributed by atoms with van der Waals surface area (Å²) in [4.78, 5) is 70.1. The van der Waals surface area contributed by atoms with Crippen molar-refractivity contribution in [3.05, 3.63) is 113 Å². The number of amides is 2. The Bertz CT molecular complexity index is 2670. The Morgan fingerprint density at radius 3 is 1.61 bits per heavy atom. The average molecular weight is 932 g/mol. The van der Waals surface area contributed by atoms with Gasteiger partial charge in [0.05, 0.1) is 52.8 Å². The maximum atomic E-state index is 12.2. The van der Waals surface area contributed by atoms with Crippen molar-refractivity contribution >= 4 is 62.8 Å². The number of hydrogen-bond acceptors (Lipinski definition) is 14. The topological polar surface area (TPSA) is 235 Å². The van der Waals surface area contributed by atoms with Crippen LogP contribution in [0, 0.1) is 0 Å². The van der Waals surface area contributed by atoms with Crippen LogP contribution < -0.4 is 22.5 Å². The molecule has 7 N–H and O–H groups in total. The molecule has 0 atom stereocenters. The molecule has 67 heavy (non-hydrogen) atoms. The zero-order valence-corrected chi connectivity index (χ0v) is 38.9. The van der Waals surface area contributed by atoms with E-state index in [4.69, 9.17) is 38.5 Å². The van der Waals surface area contributed by atoms with Crippen molar-refractivity contribution in [2.75, 3.05) is 71.9 Å². The molecule has 352 valence electrons. The van der Waals surface area contributed by atoms with Crippen LogP contribution in [0.4, 0.5) is 5.69 Å². The highest BCUT2D eigenvalue weighted by atomic mass is 35.5. The van der Waals surface area contributed by atoms with Gasteiger partial charge in [-0.3, -0.25) is 19.6 Å². The molecule has 4 aromatic heterocycles. The van der Waals surface area contributed by atoms with Crippen molar-refractivity contribution in [1.82, 2.24) is 29.7 Å². The van der Waals surface area contributed by atoms with E-state index in [-0.39, 0.29) is 22.3 Å². The summed E-state index contributed by atoms with van der Waals surface area (Å²) >= 11 is 6.28. The van der Waals surface area contributed by atoms with Crippen LogP contribution in [-0.2, 0) is 9.47 Å². The third kappa shape index (κ3) is 13.5. The highest BCUT2D eigenvalue weighted by Gasteiger charge is 2.19. The van der Waals surface area contributed by atoms with E-state index in [0.29, 0.717) is 38.4 Å². The number of fused-ring (bicyclic) bond motifs is 2. The number of hydrogen-bond donors (Lipinski definition) is 4. The molecule has 6 aromatic rings. The smallest absolute Gasteiger partial charge is 0.337 e. The number of rotatable bonds is 14. The first-order chi connectivity index (χ1) is 32.5. The molecule has 16 nitrogen and oxygen atoms in total. The number of methoxy groups -OCH3 is 2. The fourth-order valence-electron chi connectivity index (χ4n) is 8.16. The Morgan fingerprint density at radius 1 is 0.642 bits per heavy atom. The van der Waals surface area contributed by atoms with E-state index >= 15 is 0 Å². The predicted octanol–water partition coefficient (Wildman–Crippen LogP) is 7.13. The molecule has 2 saturated heterocycles. The van der Waals surface area contributed by atoms with Crippen LogP contribution in [-0.4, -0.2) is 120 Å². The highest BCUT2D eigenvalue weighted by Crippen LogP contribution is 2.32. The van der Waals surface area contributed by atoms with E-state index < -0.39 is 23.8 Å². The van der Waals surface area contributed by atoms with Gasteiger partial charge in [-0.1, -0.05) is 36.6 Å². The van der Waals surface area contributed by atoms with E-state index in [0.717, 1.165) is 42.6 Å². The Kier molecular flexibility index (Phi) is 18.4. The molecule has 2 aliphatic rings. The summed E-state index contributed by atoms with van der Waals surface area (Å²) in [6.45, 7) is 8.93. The highest BCUT2D eigenvalue weighted by molar-refractivity contribution is 6.35. The van der Waals surface area contributed by atoms with Gasteiger partial charge in [0.1, 0.15) is 0 Å². The largest absolute Gasteiger partial charge is 0.465 e. The lowest BCUT2D eigenvalue weighted by atomic mass is 9.99. The number of nitrogens with zero attached hydrogens (tertiary/aromatic N) is 6. The SMILES string of the molecule is COC(=O)c1ccc(-c2cc(Cl)c3cnccc3n2)c(C(N)=O)c1.COC(=O)c1ccc(-c2cc(NCCCN3CCCCC3)c3cnccc3n2)c(C(N)=O)c1.NCCCN1CCCCC1. The van der Waals surface area contributed by atoms with Crippen molar-refractivity contribution in [1.29, 1.82) is 0 Å². The van der Waals surface area contributed by atoms with Crippen molar-refractivity contribution in [2.45, 2.75) is 51.4 Å². The third-order valence-electron chi connectivity index (χ3n) is 11.7. The Hall–Kier alpha value is -6.59. The number of pyridine rings is 4. The summed E-state index contributed by atoms with van der Waals surface area (Å²) in [6.07, 6.45) is 17.0. The van der Waals surface area contributed by atoms with Gasteiger partial charge in [-0.05, 0) is 133 Å². The molecule has 0 unspecified atom stereocenters. The molecule has 2 fully saturated rings. The number of halogens is 1. The molecule has 0 bridgehead atoms. The number of nitrogens with two attached hydrogens (primary N) is 3. The molecular formula is C50H59ClN10O6. The lowest BCUT2D eigenvalue weighted by Gasteiger charge is -2.26. The Labute approximate surface area is 395 Å². The van der Waals surface area contributed by atoms with Gasteiger partial charge in [0, 0.05) is 70.0 Å². The fourth-order valence-corrected chi connectivity index (χ4v) is 8.41. The van der Waals surface area contributed by atoms with Crippen LogP contribution in [0.25, 0.3) is 44.3 Å². The average Bonchev–Trinajstić information content (AvgIpc) is 3.37. The number of likely N-dealkylation sites (tertiary alicyclic amines) is 2.